The summed E-state index contributed by atoms with van der Waals surface area (Å²) in [6.07, 6.45) is 4.08. The largest absolute Gasteiger partial charge is 0.444 e. The maximum absolute atomic E-state index is 5.68. The van der Waals surface area contributed by atoms with Crippen molar-refractivity contribution in [1.29, 1.82) is 0 Å². The summed E-state index contributed by atoms with van der Waals surface area (Å²) in [6, 6.07) is 6.25. The minimum atomic E-state index is 0.209. The van der Waals surface area contributed by atoms with Crippen LogP contribution in [0.5, 0.6) is 0 Å². The lowest BCUT2D eigenvalue weighted by Crippen LogP contribution is -2.16. The molecule has 0 radical (unpaired) electrons. The summed E-state index contributed by atoms with van der Waals surface area (Å²) in [5.41, 5.74) is 4.28. The summed E-state index contributed by atoms with van der Waals surface area (Å²) in [4.78, 5) is 4.61. The molecule has 1 saturated heterocycles. The topological polar surface area (TPSA) is 78.9 Å². The molecule has 0 saturated carbocycles. The first kappa shape index (κ1) is 17.2. The van der Waals surface area contributed by atoms with Crippen LogP contribution in [-0.2, 0) is 17.0 Å². The molecule has 2 aromatic heterocycles. The zero-order valence-corrected chi connectivity index (χ0v) is 15.7. The van der Waals surface area contributed by atoms with Crippen molar-refractivity contribution in [3.05, 3.63) is 41.3 Å². The van der Waals surface area contributed by atoms with E-state index in [4.69, 9.17) is 9.15 Å². The number of aromatic nitrogens is 5. The van der Waals surface area contributed by atoms with E-state index in [2.05, 4.69) is 52.6 Å². The molecule has 1 aromatic carbocycles. The van der Waals surface area contributed by atoms with E-state index in [1.54, 1.807) is 18.0 Å². The van der Waals surface area contributed by atoms with Crippen LogP contribution < -0.4 is 0 Å². The van der Waals surface area contributed by atoms with Crippen LogP contribution in [0.2, 0.25) is 0 Å². The maximum Gasteiger partial charge on any atom is 0.226 e. The predicted octanol–water partition coefficient (Wildman–Crippen LogP) is 3.42. The van der Waals surface area contributed by atoms with E-state index in [1.165, 1.54) is 5.56 Å². The van der Waals surface area contributed by atoms with Crippen LogP contribution in [-0.4, -0.2) is 37.9 Å². The second-order valence-corrected chi connectivity index (χ2v) is 7.47. The molecule has 1 aliphatic rings. The van der Waals surface area contributed by atoms with Crippen LogP contribution in [0.1, 0.15) is 29.7 Å². The van der Waals surface area contributed by atoms with E-state index in [-0.39, 0.29) is 6.10 Å². The van der Waals surface area contributed by atoms with E-state index in [1.807, 2.05) is 4.68 Å². The Balaban J connectivity index is 1.41. The number of aryl methyl sites for hydroxylation is 2. The Morgan fingerprint density at radius 3 is 3.04 bits per heavy atom. The van der Waals surface area contributed by atoms with Gasteiger partial charge in [-0.1, -0.05) is 29.5 Å². The number of benzene rings is 1. The van der Waals surface area contributed by atoms with E-state index >= 15 is 0 Å². The van der Waals surface area contributed by atoms with Gasteiger partial charge in [0.25, 0.3) is 0 Å². The average molecular weight is 371 g/mol. The zero-order chi connectivity index (χ0) is 17.9. The smallest absolute Gasteiger partial charge is 0.226 e. The molecule has 0 N–H and O–H groups in total. The molecule has 1 fully saturated rings. The van der Waals surface area contributed by atoms with Gasteiger partial charge < -0.3 is 9.15 Å². The lowest BCUT2D eigenvalue weighted by Gasteiger charge is -2.09. The lowest BCUT2D eigenvalue weighted by atomic mass is 10.1. The van der Waals surface area contributed by atoms with E-state index in [0.717, 1.165) is 41.4 Å². The standard InChI is InChI=1S/C18H21N5O2S/c1-12-5-6-16(13(2)8-12)17-19-14(10-25-17)11-26-18-20-21-22-23(18)9-15-4-3-7-24-15/h5-6,8,10,15H,3-4,7,9,11H2,1-2H3/t15-/m1/s1. The third-order valence-corrected chi connectivity index (χ3v) is 5.40. The number of rotatable bonds is 6. The first-order chi connectivity index (χ1) is 12.7. The van der Waals surface area contributed by atoms with Crippen molar-refractivity contribution in [2.75, 3.05) is 6.61 Å². The number of nitrogens with zero attached hydrogens (tertiary/aromatic N) is 5. The molecule has 0 amide bonds. The van der Waals surface area contributed by atoms with Gasteiger partial charge in [0, 0.05) is 17.9 Å². The number of hydrogen-bond acceptors (Lipinski definition) is 7. The van der Waals surface area contributed by atoms with Crippen molar-refractivity contribution in [2.24, 2.45) is 0 Å². The minimum Gasteiger partial charge on any atom is -0.444 e. The van der Waals surface area contributed by atoms with Gasteiger partial charge in [0.1, 0.15) is 6.26 Å². The molecule has 1 atom stereocenters. The molecule has 1 aliphatic heterocycles. The summed E-state index contributed by atoms with van der Waals surface area (Å²) >= 11 is 1.55. The molecule has 136 valence electrons. The third-order valence-electron chi connectivity index (χ3n) is 4.41. The Morgan fingerprint density at radius 1 is 1.31 bits per heavy atom. The van der Waals surface area contributed by atoms with Gasteiger partial charge in [0.2, 0.25) is 11.0 Å². The lowest BCUT2D eigenvalue weighted by molar-refractivity contribution is 0.0912. The van der Waals surface area contributed by atoms with Gasteiger partial charge in [-0.15, -0.1) is 5.10 Å². The van der Waals surface area contributed by atoms with Gasteiger partial charge in [-0.05, 0) is 48.7 Å². The summed E-state index contributed by atoms with van der Waals surface area (Å²) in [7, 11) is 0. The van der Waals surface area contributed by atoms with Crippen molar-refractivity contribution in [2.45, 2.75) is 50.2 Å². The molecule has 7 nitrogen and oxygen atoms in total. The molecule has 0 unspecified atom stereocenters. The van der Waals surface area contributed by atoms with Gasteiger partial charge in [0.15, 0.2) is 0 Å². The van der Waals surface area contributed by atoms with Crippen LogP contribution in [0.15, 0.2) is 34.0 Å². The van der Waals surface area contributed by atoms with Gasteiger partial charge in [-0.2, -0.15) is 0 Å². The Kier molecular flexibility index (Phi) is 5.03. The predicted molar refractivity (Wildman–Crippen MR) is 97.8 cm³/mol. The highest BCUT2D eigenvalue weighted by Crippen LogP contribution is 2.26. The molecule has 4 rings (SSSR count). The van der Waals surface area contributed by atoms with Crippen molar-refractivity contribution in [3.8, 4) is 11.5 Å². The van der Waals surface area contributed by atoms with Crippen LogP contribution in [0.3, 0.4) is 0 Å². The highest BCUT2D eigenvalue weighted by molar-refractivity contribution is 7.98. The highest BCUT2D eigenvalue weighted by Gasteiger charge is 2.19. The van der Waals surface area contributed by atoms with Crippen molar-refractivity contribution < 1.29 is 9.15 Å². The molecule has 0 bridgehead atoms. The van der Waals surface area contributed by atoms with E-state index in [9.17, 15) is 0 Å². The molecular formula is C18H21N5O2S. The summed E-state index contributed by atoms with van der Waals surface area (Å²) in [5.74, 6) is 1.30. The normalized spacial score (nSPS) is 17.1. The molecule has 0 spiro atoms. The van der Waals surface area contributed by atoms with Crippen LogP contribution in [0.4, 0.5) is 0 Å². The molecule has 26 heavy (non-hydrogen) atoms. The molecule has 0 aliphatic carbocycles. The highest BCUT2D eigenvalue weighted by atomic mass is 32.2. The quantitative estimate of drug-likeness (QED) is 0.614. The first-order valence-electron chi connectivity index (χ1n) is 8.71. The number of oxazole rings is 1. The van der Waals surface area contributed by atoms with E-state index in [0.29, 0.717) is 18.2 Å². The second-order valence-electron chi connectivity index (χ2n) is 6.53. The fraction of sp³-hybridized carbons (Fsp3) is 0.444. The Bertz CT molecular complexity index is 885. The summed E-state index contributed by atoms with van der Waals surface area (Å²) < 4.78 is 13.2. The van der Waals surface area contributed by atoms with Gasteiger partial charge >= 0.3 is 0 Å². The van der Waals surface area contributed by atoms with Crippen LogP contribution in [0, 0.1) is 13.8 Å². The number of tetrazole rings is 1. The van der Waals surface area contributed by atoms with Crippen molar-refractivity contribution >= 4 is 11.8 Å². The van der Waals surface area contributed by atoms with Gasteiger partial charge in [-0.3, -0.25) is 0 Å². The molecular weight excluding hydrogens is 350 g/mol. The SMILES string of the molecule is Cc1ccc(-c2nc(CSc3nnnn3C[C@H]3CCCO3)co2)c(C)c1. The fourth-order valence-corrected chi connectivity index (χ4v) is 3.85. The minimum absolute atomic E-state index is 0.209. The number of hydrogen-bond donors (Lipinski definition) is 0. The van der Waals surface area contributed by atoms with Crippen LogP contribution in [0.25, 0.3) is 11.5 Å². The Labute approximate surface area is 156 Å². The summed E-state index contributed by atoms with van der Waals surface area (Å²) in [5, 5.41) is 12.8. The van der Waals surface area contributed by atoms with Gasteiger partial charge in [0.05, 0.1) is 18.3 Å². The second kappa shape index (κ2) is 7.59. The van der Waals surface area contributed by atoms with E-state index < -0.39 is 0 Å². The molecule has 8 heteroatoms. The number of thioether (sulfide) groups is 1. The first-order valence-corrected chi connectivity index (χ1v) is 9.70. The average Bonchev–Trinajstić information content (AvgIpc) is 3.35. The number of ether oxygens (including phenoxy) is 1. The fourth-order valence-electron chi connectivity index (χ4n) is 3.08. The van der Waals surface area contributed by atoms with Crippen LogP contribution >= 0.6 is 11.8 Å². The third kappa shape index (κ3) is 3.81. The maximum atomic E-state index is 5.68. The monoisotopic (exact) mass is 371 g/mol. The molecule has 3 heterocycles. The van der Waals surface area contributed by atoms with Gasteiger partial charge in [-0.25, -0.2) is 9.67 Å². The Hall–Kier alpha value is -2.19. The molecule has 3 aromatic rings. The van der Waals surface area contributed by atoms with Crippen molar-refractivity contribution in [3.63, 3.8) is 0 Å². The Morgan fingerprint density at radius 2 is 2.23 bits per heavy atom. The summed E-state index contributed by atoms with van der Waals surface area (Å²) in [6.45, 7) is 5.67. The van der Waals surface area contributed by atoms with Crippen molar-refractivity contribution in [1.82, 2.24) is 25.2 Å². The zero-order valence-electron chi connectivity index (χ0n) is 14.9.